The van der Waals surface area contributed by atoms with Crippen LogP contribution in [0.3, 0.4) is 0 Å². The summed E-state index contributed by atoms with van der Waals surface area (Å²) in [5, 5.41) is 9.41. The molecule has 86 valence electrons. The molecule has 1 aromatic rings. The van der Waals surface area contributed by atoms with Gasteiger partial charge in [0.1, 0.15) is 6.10 Å². The highest BCUT2D eigenvalue weighted by Gasteiger charge is 2.19. The van der Waals surface area contributed by atoms with Gasteiger partial charge in [-0.25, -0.2) is 4.79 Å². The molecular formula is C13H16O3. The van der Waals surface area contributed by atoms with Crippen molar-refractivity contribution in [3.8, 4) is 0 Å². The molecule has 3 heteroatoms. The average Bonchev–Trinajstić information content (AvgIpc) is 2.29. The normalized spacial score (nSPS) is 13.9. The first-order chi connectivity index (χ1) is 7.65. The van der Waals surface area contributed by atoms with Gasteiger partial charge >= 0.3 is 5.97 Å². The van der Waals surface area contributed by atoms with Crippen LogP contribution in [0.15, 0.2) is 43.0 Å². The van der Waals surface area contributed by atoms with Crippen molar-refractivity contribution < 1.29 is 14.6 Å². The summed E-state index contributed by atoms with van der Waals surface area (Å²) in [6, 6.07) is 8.71. The Hall–Kier alpha value is -1.61. The van der Waals surface area contributed by atoms with Crippen LogP contribution in [-0.4, -0.2) is 23.3 Å². The monoisotopic (exact) mass is 220 g/mol. The molecule has 1 N–H and O–H groups in total. The Morgan fingerprint density at radius 1 is 1.50 bits per heavy atom. The number of aliphatic hydroxyl groups is 1. The predicted molar refractivity (Wildman–Crippen MR) is 62.1 cm³/mol. The highest BCUT2D eigenvalue weighted by molar-refractivity contribution is 5.89. The zero-order valence-electron chi connectivity index (χ0n) is 9.30. The topological polar surface area (TPSA) is 46.5 Å². The van der Waals surface area contributed by atoms with Crippen molar-refractivity contribution in [2.75, 3.05) is 0 Å². The maximum absolute atomic E-state index is 11.7. The summed E-state index contributed by atoms with van der Waals surface area (Å²) in [6.45, 7) is 5.15. The number of rotatable bonds is 5. The van der Waals surface area contributed by atoms with Crippen LogP contribution < -0.4 is 0 Å². The van der Waals surface area contributed by atoms with Crippen LogP contribution >= 0.6 is 0 Å². The summed E-state index contributed by atoms with van der Waals surface area (Å²) in [7, 11) is 0. The molecule has 0 aromatic heterocycles. The van der Waals surface area contributed by atoms with Crippen molar-refractivity contribution in [1.82, 2.24) is 0 Å². The van der Waals surface area contributed by atoms with E-state index in [-0.39, 0.29) is 0 Å². The standard InChI is InChI=1S/C13H16O3/c1-3-7-12(10(2)14)16-13(15)11-8-5-4-6-9-11/h3-6,8-10,12,14H,1,7H2,2H3/t10-,12-/m0/s1. The second-order valence-electron chi connectivity index (χ2n) is 3.57. The smallest absolute Gasteiger partial charge is 0.338 e. The Balaban J connectivity index is 2.65. The summed E-state index contributed by atoms with van der Waals surface area (Å²) in [5.74, 6) is -0.423. The lowest BCUT2D eigenvalue weighted by Crippen LogP contribution is -2.28. The first kappa shape index (κ1) is 12.5. The maximum Gasteiger partial charge on any atom is 0.338 e. The second-order valence-corrected chi connectivity index (χ2v) is 3.57. The highest BCUT2D eigenvalue weighted by Crippen LogP contribution is 2.09. The highest BCUT2D eigenvalue weighted by atomic mass is 16.6. The fourth-order valence-electron chi connectivity index (χ4n) is 1.29. The third-order valence-corrected chi connectivity index (χ3v) is 2.20. The molecule has 0 heterocycles. The van der Waals surface area contributed by atoms with Crippen molar-refractivity contribution in [2.45, 2.75) is 25.6 Å². The van der Waals surface area contributed by atoms with Crippen LogP contribution in [0.5, 0.6) is 0 Å². The number of carbonyl (C=O) groups is 1. The molecule has 0 saturated carbocycles. The largest absolute Gasteiger partial charge is 0.456 e. The lowest BCUT2D eigenvalue weighted by molar-refractivity contribution is -0.0108. The molecule has 0 aliphatic heterocycles. The molecule has 0 fully saturated rings. The third kappa shape index (κ3) is 3.51. The number of hydrogen-bond acceptors (Lipinski definition) is 3. The number of benzene rings is 1. The Morgan fingerprint density at radius 2 is 2.12 bits per heavy atom. The Bertz CT molecular complexity index is 343. The molecular weight excluding hydrogens is 204 g/mol. The van der Waals surface area contributed by atoms with E-state index >= 15 is 0 Å². The van der Waals surface area contributed by atoms with Crippen molar-refractivity contribution >= 4 is 5.97 Å². The van der Waals surface area contributed by atoms with Crippen LogP contribution in [0.2, 0.25) is 0 Å². The first-order valence-corrected chi connectivity index (χ1v) is 5.20. The van der Waals surface area contributed by atoms with Gasteiger partial charge in [0.25, 0.3) is 0 Å². The molecule has 0 aliphatic rings. The average molecular weight is 220 g/mol. The lowest BCUT2D eigenvalue weighted by atomic mass is 10.1. The first-order valence-electron chi connectivity index (χ1n) is 5.20. The molecule has 0 unspecified atom stereocenters. The van der Waals surface area contributed by atoms with Gasteiger partial charge in [-0.2, -0.15) is 0 Å². The van der Waals surface area contributed by atoms with E-state index in [0.717, 1.165) is 0 Å². The zero-order valence-corrected chi connectivity index (χ0v) is 9.30. The fraction of sp³-hybridized carbons (Fsp3) is 0.308. The van der Waals surface area contributed by atoms with Gasteiger partial charge in [0.05, 0.1) is 11.7 Å². The van der Waals surface area contributed by atoms with Gasteiger partial charge in [-0.3, -0.25) is 0 Å². The molecule has 1 aromatic carbocycles. The van der Waals surface area contributed by atoms with Gasteiger partial charge in [-0.1, -0.05) is 24.3 Å². The SMILES string of the molecule is C=CC[C@H](OC(=O)c1ccccc1)[C@H](C)O. The number of hydrogen-bond donors (Lipinski definition) is 1. The molecule has 0 bridgehead atoms. The van der Waals surface area contributed by atoms with Crippen LogP contribution in [0.4, 0.5) is 0 Å². The minimum absolute atomic E-state index is 0.423. The summed E-state index contributed by atoms with van der Waals surface area (Å²) in [4.78, 5) is 11.7. The van der Waals surface area contributed by atoms with E-state index in [2.05, 4.69) is 6.58 Å². The third-order valence-electron chi connectivity index (χ3n) is 2.20. The minimum Gasteiger partial charge on any atom is -0.456 e. The van der Waals surface area contributed by atoms with Crippen molar-refractivity contribution in [3.63, 3.8) is 0 Å². The molecule has 0 aliphatic carbocycles. The molecule has 2 atom stereocenters. The summed E-state index contributed by atoms with van der Waals surface area (Å²) in [6.07, 6.45) is 0.821. The fourth-order valence-corrected chi connectivity index (χ4v) is 1.29. The van der Waals surface area contributed by atoms with E-state index in [0.29, 0.717) is 12.0 Å². The van der Waals surface area contributed by atoms with E-state index in [1.807, 2.05) is 6.07 Å². The number of aliphatic hydroxyl groups excluding tert-OH is 1. The molecule has 3 nitrogen and oxygen atoms in total. The van der Waals surface area contributed by atoms with Crippen LogP contribution in [-0.2, 0) is 4.74 Å². The van der Waals surface area contributed by atoms with Gasteiger partial charge in [0, 0.05) is 6.42 Å². The van der Waals surface area contributed by atoms with Crippen molar-refractivity contribution in [2.24, 2.45) is 0 Å². The van der Waals surface area contributed by atoms with Crippen molar-refractivity contribution in [1.29, 1.82) is 0 Å². The summed E-state index contributed by atoms with van der Waals surface area (Å²) in [5.41, 5.74) is 0.484. The predicted octanol–water partition coefficient (Wildman–Crippen LogP) is 2.17. The lowest BCUT2D eigenvalue weighted by Gasteiger charge is -2.18. The van der Waals surface area contributed by atoms with Gasteiger partial charge in [0.2, 0.25) is 0 Å². The van der Waals surface area contributed by atoms with Gasteiger partial charge in [0.15, 0.2) is 0 Å². The molecule has 1 rings (SSSR count). The van der Waals surface area contributed by atoms with E-state index < -0.39 is 18.2 Å². The quantitative estimate of drug-likeness (QED) is 0.611. The summed E-state index contributed by atoms with van der Waals surface area (Å²) >= 11 is 0. The van der Waals surface area contributed by atoms with Crippen LogP contribution in [0.25, 0.3) is 0 Å². The van der Waals surface area contributed by atoms with Gasteiger partial charge < -0.3 is 9.84 Å². The molecule has 0 amide bonds. The van der Waals surface area contributed by atoms with Crippen molar-refractivity contribution in [3.05, 3.63) is 48.6 Å². The van der Waals surface area contributed by atoms with E-state index in [1.165, 1.54) is 0 Å². The van der Waals surface area contributed by atoms with Crippen LogP contribution in [0, 0.1) is 0 Å². The Morgan fingerprint density at radius 3 is 2.62 bits per heavy atom. The second kappa shape index (κ2) is 6.08. The Labute approximate surface area is 95.4 Å². The number of ether oxygens (including phenoxy) is 1. The van der Waals surface area contributed by atoms with Gasteiger partial charge in [-0.05, 0) is 19.1 Å². The molecule has 16 heavy (non-hydrogen) atoms. The number of carbonyl (C=O) groups excluding carboxylic acids is 1. The van der Waals surface area contributed by atoms with Crippen LogP contribution in [0.1, 0.15) is 23.7 Å². The molecule has 0 radical (unpaired) electrons. The maximum atomic E-state index is 11.7. The molecule has 0 spiro atoms. The molecule has 0 saturated heterocycles. The summed E-state index contributed by atoms with van der Waals surface area (Å²) < 4.78 is 5.18. The minimum atomic E-state index is -0.703. The van der Waals surface area contributed by atoms with E-state index in [4.69, 9.17) is 4.74 Å². The zero-order chi connectivity index (χ0) is 12.0. The van der Waals surface area contributed by atoms with E-state index in [9.17, 15) is 9.90 Å². The Kier molecular flexibility index (Phi) is 4.73. The number of esters is 1. The van der Waals surface area contributed by atoms with Gasteiger partial charge in [-0.15, -0.1) is 6.58 Å². The van der Waals surface area contributed by atoms with E-state index in [1.54, 1.807) is 37.3 Å².